The molecule has 2 aromatic carbocycles. The van der Waals surface area contributed by atoms with Crippen LogP contribution in [-0.2, 0) is 17.8 Å². The summed E-state index contributed by atoms with van der Waals surface area (Å²) < 4.78 is 1.97. The molecule has 0 unspecified atom stereocenters. The van der Waals surface area contributed by atoms with Crippen molar-refractivity contribution in [2.75, 3.05) is 0 Å². The van der Waals surface area contributed by atoms with Gasteiger partial charge in [-0.2, -0.15) is 5.10 Å². The van der Waals surface area contributed by atoms with Gasteiger partial charge in [-0.25, -0.2) is 9.67 Å². The highest BCUT2D eigenvalue weighted by Crippen LogP contribution is 2.34. The zero-order valence-electron chi connectivity index (χ0n) is 13.6. The summed E-state index contributed by atoms with van der Waals surface area (Å²) in [5, 5.41) is 16.0. The minimum atomic E-state index is -1.02. The molecule has 4 rings (SSSR count). The van der Waals surface area contributed by atoms with Crippen LogP contribution in [0, 0.1) is 0 Å². The predicted molar refractivity (Wildman–Crippen MR) is 106 cm³/mol. The minimum Gasteiger partial charge on any atom is -0.481 e. The van der Waals surface area contributed by atoms with E-state index in [1.807, 2.05) is 0 Å². The summed E-state index contributed by atoms with van der Waals surface area (Å²) in [6, 6.07) is 10.2. The molecule has 0 aliphatic carbocycles. The van der Waals surface area contributed by atoms with Crippen LogP contribution >= 0.6 is 34.5 Å². The summed E-state index contributed by atoms with van der Waals surface area (Å²) in [7, 11) is 0. The zero-order chi connectivity index (χ0) is 19.1. The van der Waals surface area contributed by atoms with E-state index < -0.39 is 5.97 Å². The third-order valence-electron chi connectivity index (χ3n) is 4.04. The van der Waals surface area contributed by atoms with Crippen molar-refractivity contribution in [3.8, 4) is 0 Å². The van der Waals surface area contributed by atoms with E-state index in [2.05, 4.69) is 10.1 Å². The summed E-state index contributed by atoms with van der Waals surface area (Å²) in [4.78, 5) is 28.5. The van der Waals surface area contributed by atoms with E-state index in [0.29, 0.717) is 37.0 Å². The molecule has 9 heteroatoms. The van der Waals surface area contributed by atoms with Crippen LogP contribution in [0.25, 0.3) is 21.0 Å². The fraction of sp³-hybridized carbons (Fsp3) is 0.111. The third kappa shape index (κ3) is 3.29. The number of hydrogen-bond acceptors (Lipinski definition) is 5. The van der Waals surface area contributed by atoms with E-state index in [1.54, 1.807) is 36.4 Å². The molecule has 0 atom stereocenters. The highest BCUT2D eigenvalue weighted by atomic mass is 35.5. The first-order chi connectivity index (χ1) is 12.9. The Hall–Kier alpha value is -2.48. The Labute approximate surface area is 166 Å². The van der Waals surface area contributed by atoms with Crippen LogP contribution in [0.1, 0.15) is 10.7 Å². The number of thiazole rings is 1. The summed E-state index contributed by atoms with van der Waals surface area (Å²) in [5.74, 6) is -1.02. The van der Waals surface area contributed by atoms with Gasteiger partial charge in [0.15, 0.2) is 0 Å². The number of fused-ring (bicyclic) bond motifs is 2. The van der Waals surface area contributed by atoms with Crippen molar-refractivity contribution in [1.29, 1.82) is 0 Å². The lowest BCUT2D eigenvalue weighted by Gasteiger charge is -2.08. The number of carboxylic acid groups (broad SMARTS) is 1. The molecule has 2 aromatic heterocycles. The van der Waals surface area contributed by atoms with E-state index in [1.165, 1.54) is 16.0 Å². The van der Waals surface area contributed by atoms with Crippen LogP contribution in [0.3, 0.4) is 0 Å². The van der Waals surface area contributed by atoms with Gasteiger partial charge in [-0.15, -0.1) is 11.3 Å². The molecule has 0 spiro atoms. The van der Waals surface area contributed by atoms with Gasteiger partial charge in [-0.3, -0.25) is 9.59 Å². The highest BCUT2D eigenvalue weighted by Gasteiger charge is 2.16. The maximum Gasteiger partial charge on any atom is 0.309 e. The number of rotatable bonds is 4. The number of nitrogens with zero attached hydrogens (tertiary/aromatic N) is 3. The van der Waals surface area contributed by atoms with E-state index >= 15 is 0 Å². The maximum absolute atomic E-state index is 12.8. The van der Waals surface area contributed by atoms with Gasteiger partial charge in [0.05, 0.1) is 38.8 Å². The Balaban J connectivity index is 1.86. The quantitative estimate of drug-likeness (QED) is 0.540. The summed E-state index contributed by atoms with van der Waals surface area (Å²) >= 11 is 13.7. The van der Waals surface area contributed by atoms with Crippen LogP contribution in [-0.4, -0.2) is 25.8 Å². The molecule has 0 saturated heterocycles. The number of halogens is 2. The van der Waals surface area contributed by atoms with E-state index in [-0.39, 0.29) is 18.5 Å². The highest BCUT2D eigenvalue weighted by molar-refractivity contribution is 7.19. The number of benzene rings is 2. The lowest BCUT2D eigenvalue weighted by Crippen LogP contribution is -2.26. The monoisotopic (exact) mass is 419 g/mol. The van der Waals surface area contributed by atoms with Crippen molar-refractivity contribution in [2.24, 2.45) is 0 Å². The SMILES string of the molecule is O=C(O)Cc1nn(Cc2nc3c(Cl)ccc(Cl)c3s2)c(=O)c2ccccc12. The fourth-order valence-corrected chi connectivity index (χ4v) is 4.37. The molecule has 27 heavy (non-hydrogen) atoms. The van der Waals surface area contributed by atoms with Gasteiger partial charge < -0.3 is 5.11 Å². The number of hydrogen-bond donors (Lipinski definition) is 1. The lowest BCUT2D eigenvalue weighted by molar-refractivity contribution is -0.136. The molecule has 6 nitrogen and oxygen atoms in total. The molecular weight excluding hydrogens is 409 g/mol. The Kier molecular flexibility index (Phi) is 4.59. The molecule has 0 aliphatic heterocycles. The van der Waals surface area contributed by atoms with Crippen LogP contribution in [0.5, 0.6) is 0 Å². The normalized spacial score (nSPS) is 11.3. The third-order valence-corrected chi connectivity index (χ3v) is 5.84. The lowest BCUT2D eigenvalue weighted by atomic mass is 10.1. The van der Waals surface area contributed by atoms with Crippen LogP contribution in [0.15, 0.2) is 41.2 Å². The van der Waals surface area contributed by atoms with Gasteiger partial charge in [0.25, 0.3) is 5.56 Å². The second-order valence-electron chi connectivity index (χ2n) is 5.84. The number of carboxylic acids is 1. The fourth-order valence-electron chi connectivity index (χ4n) is 2.87. The molecule has 0 bridgehead atoms. The van der Waals surface area contributed by atoms with E-state index in [9.17, 15) is 9.59 Å². The van der Waals surface area contributed by atoms with Gasteiger partial charge in [-0.1, -0.05) is 41.4 Å². The van der Waals surface area contributed by atoms with Gasteiger partial charge in [0, 0.05) is 5.39 Å². The van der Waals surface area contributed by atoms with Crippen molar-refractivity contribution in [3.05, 3.63) is 67.5 Å². The summed E-state index contributed by atoms with van der Waals surface area (Å²) in [5.41, 5.74) is 0.592. The molecule has 2 heterocycles. The van der Waals surface area contributed by atoms with Crippen molar-refractivity contribution in [1.82, 2.24) is 14.8 Å². The van der Waals surface area contributed by atoms with Crippen molar-refractivity contribution in [2.45, 2.75) is 13.0 Å². The molecular formula is C18H11Cl2N3O3S. The zero-order valence-corrected chi connectivity index (χ0v) is 16.0. The van der Waals surface area contributed by atoms with Gasteiger partial charge in [0.1, 0.15) is 10.5 Å². The second-order valence-corrected chi connectivity index (χ2v) is 7.74. The topological polar surface area (TPSA) is 85.1 Å². The van der Waals surface area contributed by atoms with Gasteiger partial charge >= 0.3 is 5.97 Å². The number of carbonyl (C=O) groups is 1. The molecule has 0 saturated carbocycles. The first kappa shape index (κ1) is 17.9. The second kappa shape index (κ2) is 6.92. The Bertz CT molecular complexity index is 1230. The molecule has 0 aliphatic rings. The van der Waals surface area contributed by atoms with Crippen LogP contribution < -0.4 is 5.56 Å². The van der Waals surface area contributed by atoms with Gasteiger partial charge in [0.2, 0.25) is 0 Å². The molecule has 0 fully saturated rings. The minimum absolute atomic E-state index is 0.0995. The Morgan fingerprint density at radius 3 is 2.52 bits per heavy atom. The average molecular weight is 420 g/mol. The molecule has 1 N–H and O–H groups in total. The smallest absolute Gasteiger partial charge is 0.309 e. The predicted octanol–water partition coefficient (Wildman–Crippen LogP) is 3.99. The average Bonchev–Trinajstić information content (AvgIpc) is 3.07. The molecule has 4 aromatic rings. The van der Waals surface area contributed by atoms with E-state index in [4.69, 9.17) is 28.3 Å². The number of aliphatic carboxylic acids is 1. The Morgan fingerprint density at radius 2 is 1.81 bits per heavy atom. The first-order valence-corrected chi connectivity index (χ1v) is 9.45. The van der Waals surface area contributed by atoms with Crippen molar-refractivity contribution < 1.29 is 9.90 Å². The molecule has 0 amide bonds. The Morgan fingerprint density at radius 1 is 1.11 bits per heavy atom. The first-order valence-electron chi connectivity index (χ1n) is 7.88. The largest absolute Gasteiger partial charge is 0.481 e. The standard InChI is InChI=1S/C18H11Cl2N3O3S/c19-11-5-6-12(20)17-16(11)21-14(27-17)8-23-18(26)10-4-2-1-3-9(10)13(22-23)7-15(24)25/h1-6H,7-8H2,(H,24,25). The van der Waals surface area contributed by atoms with Crippen molar-refractivity contribution in [3.63, 3.8) is 0 Å². The van der Waals surface area contributed by atoms with E-state index in [0.717, 1.165) is 4.70 Å². The summed E-state index contributed by atoms with van der Waals surface area (Å²) in [6.45, 7) is 0.0995. The van der Waals surface area contributed by atoms with Crippen LogP contribution in [0.2, 0.25) is 10.0 Å². The molecule has 0 radical (unpaired) electrons. The molecule has 136 valence electrons. The number of aromatic nitrogens is 3. The van der Waals surface area contributed by atoms with Gasteiger partial charge in [-0.05, 0) is 18.2 Å². The van der Waals surface area contributed by atoms with Crippen LogP contribution in [0.4, 0.5) is 0 Å². The summed E-state index contributed by atoms with van der Waals surface area (Å²) in [6.07, 6.45) is -0.279. The van der Waals surface area contributed by atoms with Crippen molar-refractivity contribution >= 4 is 61.5 Å². The maximum atomic E-state index is 12.8.